The lowest BCUT2D eigenvalue weighted by Crippen LogP contribution is -2.50. The highest BCUT2D eigenvalue weighted by Crippen LogP contribution is 2.52. The lowest BCUT2D eigenvalue weighted by atomic mass is 9.97. The van der Waals surface area contributed by atoms with E-state index in [1.807, 2.05) is 19.9 Å². The van der Waals surface area contributed by atoms with E-state index in [0.29, 0.717) is 13.2 Å². The Morgan fingerprint density at radius 1 is 0.833 bits per heavy atom. The molecule has 3 aliphatic rings. The van der Waals surface area contributed by atoms with Crippen LogP contribution >= 0.6 is 39.5 Å². The molecule has 0 radical (unpaired) electrons. The molecule has 0 aromatic heterocycles. The molecular weight excluding hydrogens is 560 g/mol. The zero-order chi connectivity index (χ0) is 25.7. The van der Waals surface area contributed by atoms with E-state index in [-0.39, 0.29) is 28.5 Å². The van der Waals surface area contributed by atoms with Crippen LogP contribution in [0.5, 0.6) is 0 Å². The van der Waals surface area contributed by atoms with Crippen molar-refractivity contribution in [3.05, 3.63) is 35.9 Å². The van der Waals surface area contributed by atoms with E-state index in [1.165, 1.54) is 23.5 Å². The Kier molecular flexibility index (Phi) is 10.6. The summed E-state index contributed by atoms with van der Waals surface area (Å²) in [7, 11) is 0. The van der Waals surface area contributed by atoms with Crippen molar-refractivity contribution in [2.75, 3.05) is 23.4 Å². The van der Waals surface area contributed by atoms with Crippen molar-refractivity contribution in [3.63, 3.8) is 0 Å². The van der Waals surface area contributed by atoms with Crippen LogP contribution in [0, 0.1) is 0 Å². The lowest BCUT2D eigenvalue weighted by molar-refractivity contribution is -0.304. The Hall–Kier alpha value is 0.200. The number of ether oxygens (including phenoxy) is 5. The van der Waals surface area contributed by atoms with Gasteiger partial charge in [0.25, 0.3) is 0 Å². The molecule has 0 aliphatic carbocycles. The van der Waals surface area contributed by atoms with Gasteiger partial charge in [0.1, 0.15) is 0 Å². The molecule has 0 amide bonds. The molecule has 3 heterocycles. The van der Waals surface area contributed by atoms with Crippen molar-refractivity contribution < 1.29 is 23.7 Å². The minimum Gasteiger partial charge on any atom is -0.377 e. The summed E-state index contributed by atoms with van der Waals surface area (Å²) in [5.74, 6) is 1.26. The van der Waals surface area contributed by atoms with Crippen molar-refractivity contribution in [3.8, 4) is 0 Å². The molecule has 3 aliphatic heterocycles. The van der Waals surface area contributed by atoms with Gasteiger partial charge in [-0.2, -0.15) is 0 Å². The Balaban J connectivity index is 1.36. The van der Waals surface area contributed by atoms with Gasteiger partial charge in [-0.25, -0.2) is 0 Å². The first-order chi connectivity index (χ1) is 17.2. The topological polar surface area (TPSA) is 46.2 Å². The maximum Gasteiger partial charge on any atom is 0.163 e. The zero-order valence-electron chi connectivity index (χ0n) is 22.2. The Morgan fingerprint density at radius 2 is 1.39 bits per heavy atom. The van der Waals surface area contributed by atoms with E-state index < -0.39 is 11.6 Å². The largest absolute Gasteiger partial charge is 0.377 e. The highest BCUT2D eigenvalue weighted by Gasteiger charge is 2.45. The molecule has 204 valence electrons. The highest BCUT2D eigenvalue weighted by atomic mass is 79.9. The molecule has 0 spiro atoms. The number of hydrogen-bond acceptors (Lipinski definition) is 7. The van der Waals surface area contributed by atoms with E-state index in [9.17, 15) is 0 Å². The molecule has 1 aromatic rings. The summed E-state index contributed by atoms with van der Waals surface area (Å²) in [6.07, 6.45) is 6.69. The maximum atomic E-state index is 6.52. The van der Waals surface area contributed by atoms with Crippen LogP contribution in [0.25, 0.3) is 0 Å². The van der Waals surface area contributed by atoms with Gasteiger partial charge in [0, 0.05) is 24.8 Å². The minimum atomic E-state index is -0.587. The molecule has 8 heteroatoms. The molecule has 0 saturated carbocycles. The van der Waals surface area contributed by atoms with Crippen LogP contribution in [0.3, 0.4) is 0 Å². The van der Waals surface area contributed by atoms with Crippen molar-refractivity contribution >= 4 is 39.5 Å². The van der Waals surface area contributed by atoms with Gasteiger partial charge in [-0.1, -0.05) is 46.3 Å². The number of benzene rings is 1. The fourth-order valence-corrected chi connectivity index (χ4v) is 9.52. The van der Waals surface area contributed by atoms with Crippen molar-refractivity contribution in [2.24, 2.45) is 0 Å². The van der Waals surface area contributed by atoms with E-state index in [2.05, 4.69) is 77.6 Å². The second-order valence-corrected chi connectivity index (χ2v) is 14.9. The molecule has 0 N–H and O–H groups in total. The molecule has 3 saturated heterocycles. The van der Waals surface area contributed by atoms with Crippen LogP contribution in [-0.4, -0.2) is 63.5 Å². The van der Waals surface area contributed by atoms with Crippen LogP contribution in [-0.2, 0) is 30.3 Å². The van der Waals surface area contributed by atoms with Crippen LogP contribution in [0.2, 0.25) is 0 Å². The fraction of sp³-hybridized carbons (Fsp3) is 0.786. The van der Waals surface area contributed by atoms with Crippen LogP contribution in [0.1, 0.15) is 71.8 Å². The summed E-state index contributed by atoms with van der Waals surface area (Å²) in [6.45, 7) is 9.51. The molecule has 3 fully saturated rings. The standard InChI is InChI=1S/C28H43BrO5S2/c1-26(2)31-22(11-12-30-20-21-9-6-5-7-10-21)15-23(32-26)17-28(35-13-8-14-36-28)18-24-16-25(19-29)34-27(3,4)33-24/h5-7,9-10,22-25H,8,11-20H2,1-4H3/t22-,23+,24-,25-/m0/s1. The first kappa shape index (κ1) is 29.2. The Morgan fingerprint density at radius 3 is 2.00 bits per heavy atom. The second-order valence-electron chi connectivity index (χ2n) is 11.1. The Bertz CT molecular complexity index is 802. The van der Waals surface area contributed by atoms with Gasteiger partial charge < -0.3 is 23.7 Å². The van der Waals surface area contributed by atoms with E-state index >= 15 is 0 Å². The molecular formula is C28H43BrO5S2. The summed E-state index contributed by atoms with van der Waals surface area (Å²) >= 11 is 7.86. The molecule has 1 aromatic carbocycles. The molecule has 4 atom stereocenters. The van der Waals surface area contributed by atoms with E-state index in [4.69, 9.17) is 23.7 Å². The zero-order valence-corrected chi connectivity index (χ0v) is 25.4. The fourth-order valence-electron chi connectivity index (χ4n) is 5.57. The third kappa shape index (κ3) is 8.87. The number of halogens is 1. The third-order valence-corrected chi connectivity index (χ3v) is 11.0. The maximum absolute atomic E-state index is 6.52. The first-order valence-electron chi connectivity index (χ1n) is 13.3. The quantitative estimate of drug-likeness (QED) is 0.208. The summed E-state index contributed by atoms with van der Waals surface area (Å²) in [6, 6.07) is 10.3. The van der Waals surface area contributed by atoms with Crippen LogP contribution < -0.4 is 0 Å². The van der Waals surface area contributed by atoms with Gasteiger partial charge in [-0.05, 0) is 70.4 Å². The summed E-state index contributed by atoms with van der Waals surface area (Å²) < 4.78 is 31.5. The van der Waals surface area contributed by atoms with Crippen molar-refractivity contribution in [1.29, 1.82) is 0 Å². The van der Waals surface area contributed by atoms with E-state index in [1.54, 1.807) is 0 Å². The highest BCUT2D eigenvalue weighted by molar-refractivity contribution is 9.09. The van der Waals surface area contributed by atoms with Gasteiger partial charge in [-0.15, -0.1) is 23.5 Å². The van der Waals surface area contributed by atoms with Crippen molar-refractivity contribution in [2.45, 2.75) is 113 Å². The van der Waals surface area contributed by atoms with Crippen LogP contribution in [0.4, 0.5) is 0 Å². The minimum absolute atomic E-state index is 0.0969. The summed E-state index contributed by atoms with van der Waals surface area (Å²) in [4.78, 5) is 0. The van der Waals surface area contributed by atoms with Gasteiger partial charge >= 0.3 is 0 Å². The van der Waals surface area contributed by atoms with Gasteiger partial charge in [-0.3, -0.25) is 0 Å². The number of rotatable bonds is 10. The number of hydrogen-bond donors (Lipinski definition) is 0. The second kappa shape index (κ2) is 13.0. The SMILES string of the molecule is CC1(C)O[C@@H](CC2(C[C@@H]3C[C@@H](CBr)OC(C)(C)O3)SCCCS2)C[C@H](CCOCc2ccccc2)O1. The van der Waals surface area contributed by atoms with Crippen LogP contribution in [0.15, 0.2) is 30.3 Å². The van der Waals surface area contributed by atoms with Crippen molar-refractivity contribution in [1.82, 2.24) is 0 Å². The third-order valence-electron chi connectivity index (χ3n) is 6.82. The van der Waals surface area contributed by atoms with E-state index in [0.717, 1.165) is 37.4 Å². The molecule has 36 heavy (non-hydrogen) atoms. The predicted octanol–water partition coefficient (Wildman–Crippen LogP) is 7.16. The van der Waals surface area contributed by atoms with Gasteiger partial charge in [0.05, 0.1) is 35.1 Å². The van der Waals surface area contributed by atoms with Gasteiger partial charge in [0.2, 0.25) is 0 Å². The normalized spacial score (nSPS) is 31.7. The smallest absolute Gasteiger partial charge is 0.163 e. The molecule has 5 nitrogen and oxygen atoms in total. The first-order valence-corrected chi connectivity index (χ1v) is 16.4. The monoisotopic (exact) mass is 602 g/mol. The average Bonchev–Trinajstić information content (AvgIpc) is 2.81. The number of thioether (sulfide) groups is 2. The number of alkyl halides is 1. The lowest BCUT2D eigenvalue weighted by Gasteiger charge is -2.48. The molecule has 4 rings (SSSR count). The summed E-state index contributed by atoms with van der Waals surface area (Å²) in [5, 5.41) is 0.842. The molecule has 0 bridgehead atoms. The molecule has 0 unspecified atom stereocenters. The average molecular weight is 604 g/mol. The van der Waals surface area contributed by atoms with Gasteiger partial charge in [0.15, 0.2) is 11.6 Å². The predicted molar refractivity (Wildman–Crippen MR) is 153 cm³/mol. The summed E-state index contributed by atoms with van der Waals surface area (Å²) in [5.41, 5.74) is 1.21. The Labute approximate surface area is 234 Å².